The lowest BCUT2D eigenvalue weighted by atomic mass is 9.89. The van der Waals surface area contributed by atoms with E-state index in [2.05, 4.69) is 17.3 Å². The molecule has 0 radical (unpaired) electrons. The van der Waals surface area contributed by atoms with Crippen LogP contribution in [0.1, 0.15) is 48.8 Å². The predicted octanol–water partition coefficient (Wildman–Crippen LogP) is 7.53. The first kappa shape index (κ1) is 23.7. The number of ether oxygens (including phenoxy) is 1. The third kappa shape index (κ3) is 4.36. The molecule has 1 amide bonds. The Bertz CT molecular complexity index is 1210. The molecule has 0 aliphatic carbocycles. The molecule has 2 aromatic carbocycles. The maximum Gasteiger partial charge on any atom is 0.410 e. The van der Waals surface area contributed by atoms with Crippen molar-refractivity contribution in [1.29, 1.82) is 0 Å². The van der Waals surface area contributed by atoms with Gasteiger partial charge in [-0.1, -0.05) is 52.6 Å². The number of hydrogen-bond donors (Lipinski definition) is 0. The van der Waals surface area contributed by atoms with Crippen LogP contribution >= 0.6 is 23.2 Å². The van der Waals surface area contributed by atoms with Crippen molar-refractivity contribution in [2.45, 2.75) is 60.1 Å². The van der Waals surface area contributed by atoms with Gasteiger partial charge in [-0.15, -0.1) is 0 Å². The SMILES string of the molecule is Cc1c(Cl)c(C)c(-c2noc3c2-c2ccccc2CCN(C(=O)OC(C)(C)C)C3)c(C)c1Cl. The van der Waals surface area contributed by atoms with Crippen molar-refractivity contribution in [2.75, 3.05) is 6.54 Å². The predicted molar refractivity (Wildman–Crippen MR) is 132 cm³/mol. The van der Waals surface area contributed by atoms with Crippen LogP contribution < -0.4 is 0 Å². The second kappa shape index (κ2) is 8.69. The monoisotopic (exact) mass is 486 g/mol. The molecule has 0 saturated carbocycles. The van der Waals surface area contributed by atoms with Gasteiger partial charge in [0.25, 0.3) is 0 Å². The van der Waals surface area contributed by atoms with E-state index in [-0.39, 0.29) is 12.6 Å². The zero-order valence-corrected chi connectivity index (χ0v) is 21.3. The van der Waals surface area contributed by atoms with E-state index in [4.69, 9.17) is 32.5 Å². The Morgan fingerprint density at radius 2 is 1.67 bits per heavy atom. The Balaban J connectivity index is 1.91. The van der Waals surface area contributed by atoms with Crippen LogP contribution in [0.15, 0.2) is 28.8 Å². The summed E-state index contributed by atoms with van der Waals surface area (Å²) in [5.41, 5.74) is 6.61. The summed E-state index contributed by atoms with van der Waals surface area (Å²) in [6.45, 7) is 12.2. The molecular formula is C26H28Cl2N2O3. The summed E-state index contributed by atoms with van der Waals surface area (Å²) in [5, 5.41) is 5.72. The van der Waals surface area contributed by atoms with E-state index < -0.39 is 5.60 Å². The fraction of sp³-hybridized carbons (Fsp3) is 0.385. The van der Waals surface area contributed by atoms with Crippen LogP contribution in [-0.2, 0) is 17.7 Å². The first-order valence-corrected chi connectivity index (χ1v) is 11.7. The van der Waals surface area contributed by atoms with Gasteiger partial charge in [-0.2, -0.15) is 0 Å². The summed E-state index contributed by atoms with van der Waals surface area (Å²) >= 11 is 13.3. The fourth-order valence-electron chi connectivity index (χ4n) is 4.37. The lowest BCUT2D eigenvalue weighted by Crippen LogP contribution is -2.38. The second-order valence-corrected chi connectivity index (χ2v) is 10.3. The zero-order valence-electron chi connectivity index (χ0n) is 19.8. The van der Waals surface area contributed by atoms with Crippen LogP contribution in [0.25, 0.3) is 22.4 Å². The Kier molecular flexibility index (Phi) is 6.23. The molecule has 0 bridgehead atoms. The van der Waals surface area contributed by atoms with E-state index in [9.17, 15) is 4.79 Å². The Morgan fingerprint density at radius 1 is 1.03 bits per heavy atom. The van der Waals surface area contributed by atoms with Crippen LogP contribution in [0, 0.1) is 20.8 Å². The zero-order chi connectivity index (χ0) is 24.1. The molecule has 7 heteroatoms. The average molecular weight is 487 g/mol. The van der Waals surface area contributed by atoms with E-state index >= 15 is 0 Å². The number of carbonyl (C=O) groups excluding carboxylic acids is 1. The van der Waals surface area contributed by atoms with Gasteiger partial charge >= 0.3 is 6.09 Å². The van der Waals surface area contributed by atoms with E-state index in [1.54, 1.807) is 4.90 Å². The largest absolute Gasteiger partial charge is 0.444 e. The molecule has 33 heavy (non-hydrogen) atoms. The third-order valence-electron chi connectivity index (χ3n) is 5.99. The first-order valence-electron chi connectivity index (χ1n) is 11.0. The summed E-state index contributed by atoms with van der Waals surface area (Å²) in [6, 6.07) is 8.14. The number of nitrogens with zero attached hydrogens (tertiary/aromatic N) is 2. The number of rotatable bonds is 1. The number of amides is 1. The van der Waals surface area contributed by atoms with Gasteiger partial charge in [0.1, 0.15) is 11.3 Å². The van der Waals surface area contributed by atoms with Crippen molar-refractivity contribution >= 4 is 29.3 Å². The highest BCUT2D eigenvalue weighted by Gasteiger charge is 2.31. The van der Waals surface area contributed by atoms with Gasteiger partial charge in [-0.25, -0.2) is 4.79 Å². The number of halogens is 2. The highest BCUT2D eigenvalue weighted by atomic mass is 35.5. The molecule has 1 aromatic heterocycles. The van der Waals surface area contributed by atoms with Crippen molar-refractivity contribution in [3.63, 3.8) is 0 Å². The quantitative estimate of drug-likeness (QED) is 0.356. The molecule has 4 rings (SSSR count). The molecule has 0 saturated heterocycles. The topological polar surface area (TPSA) is 55.6 Å². The molecule has 0 atom stereocenters. The van der Waals surface area contributed by atoms with Crippen LogP contribution in [-0.4, -0.2) is 28.3 Å². The normalized spacial score (nSPS) is 13.8. The van der Waals surface area contributed by atoms with Crippen molar-refractivity contribution in [2.24, 2.45) is 0 Å². The van der Waals surface area contributed by atoms with Crippen molar-refractivity contribution in [3.8, 4) is 22.4 Å². The van der Waals surface area contributed by atoms with E-state index in [0.29, 0.717) is 34.5 Å². The lowest BCUT2D eigenvalue weighted by Gasteiger charge is -2.28. The molecule has 1 aliphatic heterocycles. The summed E-state index contributed by atoms with van der Waals surface area (Å²) in [5.74, 6) is 0.606. The highest BCUT2D eigenvalue weighted by Crippen LogP contribution is 2.45. The van der Waals surface area contributed by atoms with Gasteiger partial charge in [0, 0.05) is 22.2 Å². The minimum absolute atomic E-state index is 0.261. The minimum Gasteiger partial charge on any atom is -0.444 e. The lowest BCUT2D eigenvalue weighted by molar-refractivity contribution is 0.0220. The van der Waals surface area contributed by atoms with Crippen molar-refractivity contribution < 1.29 is 14.1 Å². The first-order chi connectivity index (χ1) is 15.5. The standard InChI is InChI=1S/C26H28Cl2N2O3/c1-14-20(15(2)23(28)16(3)22(14)27)24-21-18-10-8-7-9-17(18)11-12-30(13-19(21)33-29-24)25(31)32-26(4,5)6/h7-10H,11-13H2,1-6H3. The third-order valence-corrected chi connectivity index (χ3v) is 7.12. The molecule has 0 fully saturated rings. The molecule has 5 nitrogen and oxygen atoms in total. The van der Waals surface area contributed by atoms with E-state index in [1.807, 2.05) is 53.7 Å². The number of benzene rings is 2. The molecule has 174 valence electrons. The van der Waals surface area contributed by atoms with Gasteiger partial charge in [-0.3, -0.25) is 0 Å². The van der Waals surface area contributed by atoms with Crippen molar-refractivity contribution in [3.05, 3.63) is 62.3 Å². The molecular weight excluding hydrogens is 459 g/mol. The summed E-state index contributed by atoms with van der Waals surface area (Å²) in [4.78, 5) is 14.6. The number of carbonyl (C=O) groups is 1. The van der Waals surface area contributed by atoms with E-state index in [1.165, 1.54) is 0 Å². The molecule has 0 N–H and O–H groups in total. The molecule has 0 unspecified atom stereocenters. The average Bonchev–Trinajstić information content (AvgIpc) is 3.13. The molecule has 2 heterocycles. The Morgan fingerprint density at radius 3 is 2.30 bits per heavy atom. The number of fused-ring (bicyclic) bond motifs is 3. The van der Waals surface area contributed by atoms with Crippen LogP contribution in [0.3, 0.4) is 0 Å². The fourth-order valence-corrected chi connectivity index (χ4v) is 4.79. The highest BCUT2D eigenvalue weighted by molar-refractivity contribution is 6.37. The molecule has 0 spiro atoms. The van der Waals surface area contributed by atoms with E-state index in [0.717, 1.165) is 38.9 Å². The van der Waals surface area contributed by atoms with Gasteiger partial charge in [0.2, 0.25) is 0 Å². The molecule has 3 aromatic rings. The number of hydrogen-bond acceptors (Lipinski definition) is 4. The smallest absolute Gasteiger partial charge is 0.410 e. The van der Waals surface area contributed by atoms with Gasteiger partial charge in [0.15, 0.2) is 5.76 Å². The number of aromatic nitrogens is 1. The van der Waals surface area contributed by atoms with Gasteiger partial charge < -0.3 is 14.2 Å². The Hall–Kier alpha value is -2.50. The maximum absolute atomic E-state index is 12.9. The van der Waals surface area contributed by atoms with Gasteiger partial charge in [-0.05, 0) is 75.8 Å². The maximum atomic E-state index is 12.9. The van der Waals surface area contributed by atoms with Crippen LogP contribution in [0.2, 0.25) is 10.0 Å². The minimum atomic E-state index is -0.587. The Labute approximate surface area is 204 Å². The van der Waals surface area contributed by atoms with Gasteiger partial charge in [0.05, 0.1) is 12.1 Å². The second-order valence-electron chi connectivity index (χ2n) is 9.52. The summed E-state index contributed by atoms with van der Waals surface area (Å²) in [6.07, 6.45) is 0.312. The summed E-state index contributed by atoms with van der Waals surface area (Å²) < 4.78 is 11.5. The molecule has 1 aliphatic rings. The van der Waals surface area contributed by atoms with Crippen molar-refractivity contribution in [1.82, 2.24) is 10.1 Å². The van der Waals surface area contributed by atoms with Crippen LogP contribution in [0.4, 0.5) is 4.79 Å². The summed E-state index contributed by atoms with van der Waals surface area (Å²) in [7, 11) is 0. The van der Waals surface area contributed by atoms with Crippen LogP contribution in [0.5, 0.6) is 0 Å².